The van der Waals surface area contributed by atoms with Gasteiger partial charge >= 0.3 is 0 Å². The van der Waals surface area contributed by atoms with Crippen molar-refractivity contribution in [2.75, 3.05) is 19.5 Å². The molecule has 0 saturated carbocycles. The summed E-state index contributed by atoms with van der Waals surface area (Å²) in [6.07, 6.45) is 3.16. The highest BCUT2D eigenvalue weighted by molar-refractivity contribution is 6.02. The van der Waals surface area contributed by atoms with Gasteiger partial charge in [0.1, 0.15) is 0 Å². The van der Waals surface area contributed by atoms with E-state index in [9.17, 15) is 4.79 Å². The number of carbonyl (C=O) groups excluding carboxylic acids is 1. The van der Waals surface area contributed by atoms with Crippen molar-refractivity contribution in [3.05, 3.63) is 54.1 Å². The van der Waals surface area contributed by atoms with Gasteiger partial charge in [-0.05, 0) is 46.3 Å². The van der Waals surface area contributed by atoms with E-state index in [2.05, 4.69) is 20.8 Å². The Morgan fingerprint density at radius 3 is 2.63 bits per heavy atom. The number of carbonyl (C=O) groups is 1. The van der Waals surface area contributed by atoms with Gasteiger partial charge in [-0.15, -0.1) is 5.10 Å². The number of nitrogens with zero attached hydrogens (tertiary/aromatic N) is 4. The van der Waals surface area contributed by atoms with Crippen LogP contribution >= 0.6 is 0 Å². The number of rotatable bonds is 6. The summed E-state index contributed by atoms with van der Waals surface area (Å²) in [6.45, 7) is 0. The molecular weight excluding hydrogens is 346 g/mol. The SMILES string of the molecule is COc1ccc(/C=C/C(=O)Nc2cccc(-c3nnnn3C)c2)cc1OC. The van der Waals surface area contributed by atoms with E-state index in [0.717, 1.165) is 11.1 Å². The molecule has 27 heavy (non-hydrogen) atoms. The second-order valence-electron chi connectivity index (χ2n) is 5.64. The molecule has 1 N–H and O–H groups in total. The molecule has 0 aliphatic heterocycles. The van der Waals surface area contributed by atoms with Gasteiger partial charge in [-0.2, -0.15) is 0 Å². The molecule has 1 amide bonds. The Labute approximate surface area is 156 Å². The molecule has 0 bridgehead atoms. The first-order valence-corrected chi connectivity index (χ1v) is 8.14. The van der Waals surface area contributed by atoms with E-state index in [1.165, 1.54) is 6.08 Å². The molecule has 0 aliphatic rings. The van der Waals surface area contributed by atoms with E-state index in [1.54, 1.807) is 50.2 Å². The number of hydrogen-bond donors (Lipinski definition) is 1. The summed E-state index contributed by atoms with van der Waals surface area (Å²) in [6, 6.07) is 12.7. The molecule has 0 fully saturated rings. The third kappa shape index (κ3) is 4.30. The van der Waals surface area contributed by atoms with Gasteiger partial charge in [-0.1, -0.05) is 18.2 Å². The number of methoxy groups -OCH3 is 2. The van der Waals surface area contributed by atoms with Crippen LogP contribution in [-0.2, 0) is 11.8 Å². The van der Waals surface area contributed by atoms with Gasteiger partial charge in [0.05, 0.1) is 14.2 Å². The lowest BCUT2D eigenvalue weighted by Gasteiger charge is -2.07. The van der Waals surface area contributed by atoms with Crippen LogP contribution < -0.4 is 14.8 Å². The number of hydrogen-bond acceptors (Lipinski definition) is 6. The number of aromatic nitrogens is 4. The van der Waals surface area contributed by atoms with E-state index < -0.39 is 0 Å². The van der Waals surface area contributed by atoms with Gasteiger partial charge in [0.15, 0.2) is 17.3 Å². The van der Waals surface area contributed by atoms with Gasteiger partial charge < -0.3 is 14.8 Å². The topological polar surface area (TPSA) is 91.2 Å². The van der Waals surface area contributed by atoms with E-state index in [-0.39, 0.29) is 5.91 Å². The fourth-order valence-electron chi connectivity index (χ4n) is 2.52. The average molecular weight is 365 g/mol. The van der Waals surface area contributed by atoms with E-state index in [4.69, 9.17) is 9.47 Å². The lowest BCUT2D eigenvalue weighted by Crippen LogP contribution is -2.07. The lowest BCUT2D eigenvalue weighted by atomic mass is 10.1. The highest BCUT2D eigenvalue weighted by Gasteiger charge is 2.07. The zero-order chi connectivity index (χ0) is 19.2. The molecule has 0 radical (unpaired) electrons. The Bertz CT molecular complexity index is 981. The molecule has 8 nitrogen and oxygen atoms in total. The zero-order valence-electron chi connectivity index (χ0n) is 15.2. The minimum atomic E-state index is -0.252. The maximum atomic E-state index is 12.2. The standard InChI is InChI=1S/C19H19N5O3/c1-24-19(21-22-23-24)14-5-4-6-15(12-14)20-18(25)10-8-13-7-9-16(26-2)17(11-13)27-3/h4-12H,1-3H3,(H,20,25)/b10-8+. The first-order chi connectivity index (χ1) is 13.1. The highest BCUT2D eigenvalue weighted by Crippen LogP contribution is 2.28. The van der Waals surface area contributed by atoms with Crippen molar-refractivity contribution >= 4 is 17.7 Å². The largest absolute Gasteiger partial charge is 0.493 e. The summed E-state index contributed by atoms with van der Waals surface area (Å²) in [7, 11) is 4.90. The molecule has 1 heterocycles. The molecule has 8 heteroatoms. The normalized spacial score (nSPS) is 10.8. The van der Waals surface area contributed by atoms with Crippen molar-refractivity contribution < 1.29 is 14.3 Å². The quantitative estimate of drug-likeness (QED) is 0.675. The smallest absolute Gasteiger partial charge is 0.248 e. The van der Waals surface area contributed by atoms with Crippen LogP contribution in [0.2, 0.25) is 0 Å². The van der Waals surface area contributed by atoms with Crippen molar-refractivity contribution in [3.63, 3.8) is 0 Å². The summed E-state index contributed by atoms with van der Waals surface area (Å²) in [5.41, 5.74) is 2.28. The minimum absolute atomic E-state index is 0.252. The number of tetrazole rings is 1. The van der Waals surface area contributed by atoms with Gasteiger partial charge in [0.25, 0.3) is 0 Å². The first-order valence-electron chi connectivity index (χ1n) is 8.14. The van der Waals surface area contributed by atoms with Crippen LogP contribution in [0.5, 0.6) is 11.5 Å². The molecule has 0 unspecified atom stereocenters. The number of nitrogens with one attached hydrogen (secondary N) is 1. The summed E-state index contributed by atoms with van der Waals surface area (Å²) < 4.78 is 12.0. The fraction of sp³-hybridized carbons (Fsp3) is 0.158. The predicted molar refractivity (Wildman–Crippen MR) is 101 cm³/mol. The maximum absolute atomic E-state index is 12.2. The van der Waals surface area contributed by atoms with Gasteiger partial charge in [-0.3, -0.25) is 4.79 Å². The van der Waals surface area contributed by atoms with Crippen molar-refractivity contribution in [2.45, 2.75) is 0 Å². The number of amides is 1. The average Bonchev–Trinajstić information content (AvgIpc) is 3.12. The van der Waals surface area contributed by atoms with Crippen LogP contribution in [0, 0.1) is 0 Å². The van der Waals surface area contributed by atoms with Crippen LogP contribution in [0.4, 0.5) is 5.69 Å². The highest BCUT2D eigenvalue weighted by atomic mass is 16.5. The van der Waals surface area contributed by atoms with Crippen LogP contribution in [0.15, 0.2) is 48.5 Å². The zero-order valence-corrected chi connectivity index (χ0v) is 15.2. The van der Waals surface area contributed by atoms with Crippen molar-refractivity contribution in [1.29, 1.82) is 0 Å². The van der Waals surface area contributed by atoms with Crippen molar-refractivity contribution in [1.82, 2.24) is 20.2 Å². The molecule has 1 aromatic heterocycles. The van der Waals surface area contributed by atoms with Gasteiger partial charge in [0.2, 0.25) is 5.91 Å². The van der Waals surface area contributed by atoms with Crippen LogP contribution in [0.25, 0.3) is 17.5 Å². The van der Waals surface area contributed by atoms with Crippen LogP contribution in [0.3, 0.4) is 0 Å². The Morgan fingerprint density at radius 1 is 1.11 bits per heavy atom. The third-order valence-electron chi connectivity index (χ3n) is 3.84. The molecule has 0 spiro atoms. The molecular formula is C19H19N5O3. The molecule has 3 aromatic rings. The Balaban J connectivity index is 1.71. The number of anilines is 1. The predicted octanol–water partition coefficient (Wildman–Crippen LogP) is 2.55. The Hall–Kier alpha value is -3.68. The number of ether oxygens (including phenoxy) is 2. The molecule has 0 aliphatic carbocycles. The lowest BCUT2D eigenvalue weighted by molar-refractivity contribution is -0.111. The van der Waals surface area contributed by atoms with E-state index in [1.807, 2.05) is 24.3 Å². The second kappa shape index (κ2) is 8.13. The van der Waals surface area contributed by atoms with E-state index in [0.29, 0.717) is 23.0 Å². The Kier molecular flexibility index (Phi) is 5.46. The Morgan fingerprint density at radius 2 is 1.93 bits per heavy atom. The summed E-state index contributed by atoms with van der Waals surface area (Å²) in [5.74, 6) is 1.60. The van der Waals surface area contributed by atoms with Crippen LogP contribution in [-0.4, -0.2) is 40.3 Å². The monoisotopic (exact) mass is 365 g/mol. The third-order valence-corrected chi connectivity index (χ3v) is 3.84. The molecule has 0 atom stereocenters. The summed E-state index contributed by atoms with van der Waals surface area (Å²) >= 11 is 0. The molecule has 138 valence electrons. The fourth-order valence-corrected chi connectivity index (χ4v) is 2.52. The summed E-state index contributed by atoms with van der Waals surface area (Å²) in [4.78, 5) is 12.2. The number of benzene rings is 2. The molecule has 3 rings (SSSR count). The van der Waals surface area contributed by atoms with Crippen LogP contribution in [0.1, 0.15) is 5.56 Å². The second-order valence-corrected chi connectivity index (χ2v) is 5.64. The van der Waals surface area contributed by atoms with Gasteiger partial charge in [0, 0.05) is 24.4 Å². The minimum Gasteiger partial charge on any atom is -0.493 e. The van der Waals surface area contributed by atoms with Crippen molar-refractivity contribution in [2.24, 2.45) is 7.05 Å². The number of aryl methyl sites for hydroxylation is 1. The van der Waals surface area contributed by atoms with Gasteiger partial charge in [-0.25, -0.2) is 4.68 Å². The molecule has 2 aromatic carbocycles. The van der Waals surface area contributed by atoms with E-state index >= 15 is 0 Å². The molecule has 0 saturated heterocycles. The summed E-state index contributed by atoms with van der Waals surface area (Å²) in [5, 5.41) is 14.2. The first kappa shape index (κ1) is 18.1. The maximum Gasteiger partial charge on any atom is 0.248 e. The van der Waals surface area contributed by atoms with Crippen molar-refractivity contribution in [3.8, 4) is 22.9 Å².